The summed E-state index contributed by atoms with van der Waals surface area (Å²) >= 11 is 0. The van der Waals surface area contributed by atoms with Crippen molar-refractivity contribution >= 4 is 12.1 Å². The van der Waals surface area contributed by atoms with Crippen LogP contribution in [0.4, 0.5) is 0 Å². The van der Waals surface area contributed by atoms with Crippen LogP contribution in [0, 0.1) is 6.92 Å². The smallest absolute Gasteiger partial charge is 0.276 e. The number of hydrazone groups is 1. The van der Waals surface area contributed by atoms with Crippen LogP contribution in [0.2, 0.25) is 0 Å². The maximum Gasteiger partial charge on any atom is 0.276 e. The van der Waals surface area contributed by atoms with Gasteiger partial charge in [0.15, 0.2) is 11.5 Å². The molecule has 0 atom stereocenters. The number of phenolic OH excluding ortho intramolecular Hbond substituents is 2. The van der Waals surface area contributed by atoms with E-state index < -0.39 is 11.5 Å². The molecule has 1 amide bonds. The van der Waals surface area contributed by atoms with Gasteiger partial charge in [-0.2, -0.15) is 5.10 Å². The van der Waals surface area contributed by atoms with E-state index in [1.54, 1.807) is 12.3 Å². The molecule has 0 aliphatic carbocycles. The Hall–Kier alpha value is -3.87. The molecule has 0 fully saturated rings. The number of benzene rings is 2. The number of hydrogen-bond acceptors (Lipinski definition) is 5. The van der Waals surface area contributed by atoms with E-state index in [-0.39, 0.29) is 17.1 Å². The van der Waals surface area contributed by atoms with Crippen LogP contribution in [0.25, 0.3) is 0 Å². The number of pyridine rings is 1. The molecule has 0 spiro atoms. The number of aryl methyl sites for hydroxylation is 1. The van der Waals surface area contributed by atoms with Gasteiger partial charge < -0.3 is 14.8 Å². The molecule has 3 N–H and O–H groups in total. The Morgan fingerprint density at radius 3 is 2.68 bits per heavy atom. The number of carbonyl (C=O) groups is 1. The molecule has 1 heterocycles. The van der Waals surface area contributed by atoms with Gasteiger partial charge in [0.1, 0.15) is 5.56 Å². The van der Waals surface area contributed by atoms with E-state index in [1.807, 2.05) is 31.2 Å². The van der Waals surface area contributed by atoms with Gasteiger partial charge in [-0.25, -0.2) is 5.43 Å². The molecule has 2 aromatic carbocycles. The first-order chi connectivity index (χ1) is 13.4. The predicted octanol–water partition coefficient (Wildman–Crippen LogP) is 2.38. The first-order valence-electron chi connectivity index (χ1n) is 8.54. The van der Waals surface area contributed by atoms with Gasteiger partial charge in [-0.1, -0.05) is 29.8 Å². The first-order valence-corrected chi connectivity index (χ1v) is 8.54. The van der Waals surface area contributed by atoms with E-state index in [1.165, 1.54) is 35.0 Å². The average Bonchev–Trinajstić information content (AvgIpc) is 2.66. The van der Waals surface area contributed by atoms with Gasteiger partial charge in [0.2, 0.25) is 0 Å². The van der Waals surface area contributed by atoms with Crippen LogP contribution in [0.5, 0.6) is 11.5 Å². The lowest BCUT2D eigenvalue weighted by molar-refractivity contribution is 0.0953. The first kappa shape index (κ1) is 18.9. The van der Waals surface area contributed by atoms with E-state index in [2.05, 4.69) is 10.5 Å². The third-order valence-corrected chi connectivity index (χ3v) is 4.08. The second-order valence-corrected chi connectivity index (χ2v) is 6.29. The van der Waals surface area contributed by atoms with Crippen molar-refractivity contribution in [1.29, 1.82) is 0 Å². The second kappa shape index (κ2) is 8.22. The number of nitrogens with one attached hydrogen (secondary N) is 1. The van der Waals surface area contributed by atoms with Crippen molar-refractivity contribution in [2.75, 3.05) is 0 Å². The predicted molar refractivity (Wildman–Crippen MR) is 106 cm³/mol. The SMILES string of the molecule is Cc1cccc(Cn2cccc(C(=O)N/N=C\c3ccc(O)c(O)c3)c2=O)c1. The molecule has 0 aliphatic rings. The van der Waals surface area contributed by atoms with Crippen LogP contribution in [-0.4, -0.2) is 26.9 Å². The molecule has 7 nitrogen and oxygen atoms in total. The molecule has 3 aromatic rings. The number of carbonyl (C=O) groups excluding carboxylic acids is 1. The van der Waals surface area contributed by atoms with Crippen LogP contribution >= 0.6 is 0 Å². The topological polar surface area (TPSA) is 104 Å². The molecule has 3 rings (SSSR count). The van der Waals surface area contributed by atoms with Gasteiger partial charge in [0.25, 0.3) is 11.5 Å². The minimum Gasteiger partial charge on any atom is -0.504 e. The van der Waals surface area contributed by atoms with Gasteiger partial charge in [0, 0.05) is 6.20 Å². The van der Waals surface area contributed by atoms with Crippen LogP contribution in [0.3, 0.4) is 0 Å². The lowest BCUT2D eigenvalue weighted by atomic mass is 10.1. The monoisotopic (exact) mass is 377 g/mol. The Balaban J connectivity index is 1.74. The zero-order valence-electron chi connectivity index (χ0n) is 15.2. The molecule has 1 aromatic heterocycles. The van der Waals surface area contributed by atoms with E-state index in [0.29, 0.717) is 12.1 Å². The molecule has 28 heavy (non-hydrogen) atoms. The second-order valence-electron chi connectivity index (χ2n) is 6.29. The fourth-order valence-corrected chi connectivity index (χ4v) is 2.69. The van der Waals surface area contributed by atoms with Crippen LogP contribution in [0.15, 0.2) is 70.7 Å². The number of phenols is 2. The van der Waals surface area contributed by atoms with E-state index >= 15 is 0 Å². The Labute approximate surface area is 161 Å². The highest BCUT2D eigenvalue weighted by atomic mass is 16.3. The lowest BCUT2D eigenvalue weighted by Crippen LogP contribution is -2.30. The number of aromatic hydroxyl groups is 2. The molecule has 0 bridgehead atoms. The fraction of sp³-hybridized carbons (Fsp3) is 0.0952. The van der Waals surface area contributed by atoms with Gasteiger partial charge in [-0.05, 0) is 48.4 Å². The lowest BCUT2D eigenvalue weighted by Gasteiger charge is -2.08. The molecule has 0 saturated carbocycles. The third kappa shape index (κ3) is 4.45. The summed E-state index contributed by atoms with van der Waals surface area (Å²) in [4.78, 5) is 24.9. The quantitative estimate of drug-likeness (QED) is 0.361. The fourth-order valence-electron chi connectivity index (χ4n) is 2.69. The van der Waals surface area contributed by atoms with Crippen molar-refractivity contribution in [2.24, 2.45) is 5.10 Å². The van der Waals surface area contributed by atoms with E-state index in [9.17, 15) is 19.8 Å². The Bertz CT molecular complexity index is 1100. The van der Waals surface area contributed by atoms with Crippen LogP contribution < -0.4 is 11.0 Å². The van der Waals surface area contributed by atoms with Crippen LogP contribution in [-0.2, 0) is 6.54 Å². The summed E-state index contributed by atoms with van der Waals surface area (Å²) in [6.07, 6.45) is 2.93. The zero-order valence-corrected chi connectivity index (χ0v) is 15.2. The molecular weight excluding hydrogens is 358 g/mol. The van der Waals surface area contributed by atoms with Gasteiger partial charge >= 0.3 is 0 Å². The van der Waals surface area contributed by atoms with Crippen molar-refractivity contribution in [2.45, 2.75) is 13.5 Å². The van der Waals surface area contributed by atoms with Crippen molar-refractivity contribution in [1.82, 2.24) is 9.99 Å². The molecule has 0 radical (unpaired) electrons. The number of rotatable bonds is 5. The van der Waals surface area contributed by atoms with Gasteiger partial charge in [-0.15, -0.1) is 0 Å². The average molecular weight is 377 g/mol. The normalized spacial score (nSPS) is 10.9. The van der Waals surface area contributed by atoms with E-state index in [0.717, 1.165) is 11.1 Å². The summed E-state index contributed by atoms with van der Waals surface area (Å²) in [6.45, 7) is 2.33. The third-order valence-electron chi connectivity index (χ3n) is 4.08. The molecule has 0 unspecified atom stereocenters. The Morgan fingerprint density at radius 1 is 1.11 bits per heavy atom. The summed E-state index contributed by atoms with van der Waals surface area (Å²) in [5, 5.41) is 22.5. The zero-order chi connectivity index (χ0) is 20.1. The van der Waals surface area contributed by atoms with Gasteiger partial charge in [0.05, 0.1) is 12.8 Å². The molecule has 7 heteroatoms. The molecule has 0 saturated heterocycles. The highest BCUT2D eigenvalue weighted by molar-refractivity contribution is 5.94. The number of aromatic nitrogens is 1. The maximum atomic E-state index is 12.6. The highest BCUT2D eigenvalue weighted by Gasteiger charge is 2.11. The number of hydrogen-bond donors (Lipinski definition) is 3. The maximum absolute atomic E-state index is 12.6. The largest absolute Gasteiger partial charge is 0.504 e. The molecule has 142 valence electrons. The number of amides is 1. The summed E-state index contributed by atoms with van der Waals surface area (Å²) < 4.78 is 1.46. The summed E-state index contributed by atoms with van der Waals surface area (Å²) in [7, 11) is 0. The summed E-state index contributed by atoms with van der Waals surface area (Å²) in [6, 6.07) is 15.0. The van der Waals surface area contributed by atoms with Crippen molar-refractivity contribution < 1.29 is 15.0 Å². The van der Waals surface area contributed by atoms with Crippen molar-refractivity contribution in [3.63, 3.8) is 0 Å². The Morgan fingerprint density at radius 2 is 1.93 bits per heavy atom. The van der Waals surface area contributed by atoms with E-state index in [4.69, 9.17) is 0 Å². The van der Waals surface area contributed by atoms with Crippen LogP contribution in [0.1, 0.15) is 27.0 Å². The molecule has 0 aliphatic heterocycles. The minimum absolute atomic E-state index is 0.0270. The summed E-state index contributed by atoms with van der Waals surface area (Å²) in [5.41, 5.74) is 4.38. The number of nitrogens with zero attached hydrogens (tertiary/aromatic N) is 2. The highest BCUT2D eigenvalue weighted by Crippen LogP contribution is 2.23. The van der Waals surface area contributed by atoms with Crippen molar-refractivity contribution in [3.05, 3.63) is 93.4 Å². The Kier molecular flexibility index (Phi) is 5.55. The standard InChI is InChI=1S/C21H19N3O4/c1-14-4-2-5-16(10-14)13-24-9-3-6-17(21(24)28)20(27)23-22-12-15-7-8-18(25)19(26)11-15/h2-12,25-26H,13H2,1H3,(H,23,27)/b22-12-. The van der Waals surface area contributed by atoms with Gasteiger partial charge in [-0.3, -0.25) is 9.59 Å². The minimum atomic E-state index is -0.636. The summed E-state index contributed by atoms with van der Waals surface area (Å²) in [5.74, 6) is -1.18. The molecular formula is C21H19N3O4. The van der Waals surface area contributed by atoms with Crippen molar-refractivity contribution in [3.8, 4) is 11.5 Å².